The maximum Gasteiger partial charge on any atom is 0.254 e. The second kappa shape index (κ2) is 14.7. The summed E-state index contributed by atoms with van der Waals surface area (Å²) < 4.78 is 12.3. The number of fused-ring (bicyclic) bond motifs is 1. The summed E-state index contributed by atoms with van der Waals surface area (Å²) in [7, 11) is -1.02. The van der Waals surface area contributed by atoms with Crippen LogP contribution in [0, 0.1) is 0 Å². The molecule has 1 aliphatic heterocycles. The van der Waals surface area contributed by atoms with E-state index in [9.17, 15) is 13.8 Å². The number of carbonyl (C=O) groups is 2. The molecule has 2 N–H and O–H groups in total. The zero-order valence-corrected chi connectivity index (χ0v) is 27.1. The fourth-order valence-corrected chi connectivity index (χ4v) is 7.41. The number of benzene rings is 4. The second-order valence-corrected chi connectivity index (χ2v) is 13.6. The van der Waals surface area contributed by atoms with Gasteiger partial charge in [-0.05, 0) is 91.0 Å². The number of carbonyl (C=O) groups excluding carboxylic acids is 2. The Kier molecular flexibility index (Phi) is 10.7. The van der Waals surface area contributed by atoms with Crippen LogP contribution >= 0.6 is 23.2 Å². The first-order valence-corrected chi connectivity index (χ1v) is 17.2. The third-order valence-electron chi connectivity index (χ3n) is 8.56. The quantitative estimate of drug-likeness (QED) is 0.192. The molecule has 1 saturated heterocycles. The fourth-order valence-electron chi connectivity index (χ4n) is 6.27. The Morgan fingerprint density at radius 3 is 2.39 bits per heavy atom. The van der Waals surface area contributed by atoms with E-state index < -0.39 is 16.7 Å². The van der Waals surface area contributed by atoms with Gasteiger partial charge in [0.05, 0.1) is 27.4 Å². The van der Waals surface area contributed by atoms with Crippen LogP contribution in [0.4, 0.5) is 0 Å². The Labute approximate surface area is 271 Å². The maximum atomic E-state index is 14.0. The normalized spacial score (nSPS) is 15.6. The number of primary amides is 1. The van der Waals surface area contributed by atoms with Crippen molar-refractivity contribution in [2.24, 2.45) is 5.73 Å². The van der Waals surface area contributed by atoms with Crippen LogP contribution in [0.5, 0.6) is 0 Å². The Bertz CT molecular complexity index is 1670. The molecule has 0 aliphatic carbocycles. The van der Waals surface area contributed by atoms with E-state index in [2.05, 4.69) is 11.0 Å². The molecule has 1 fully saturated rings. The van der Waals surface area contributed by atoms with Gasteiger partial charge in [-0.1, -0.05) is 83.9 Å². The Morgan fingerprint density at radius 1 is 0.955 bits per heavy atom. The molecule has 44 heavy (non-hydrogen) atoms. The number of hydrogen-bond donors (Lipinski definition) is 1. The lowest BCUT2D eigenvalue weighted by atomic mass is 9.88. The van der Waals surface area contributed by atoms with Gasteiger partial charge in [0.25, 0.3) is 5.91 Å². The third-order valence-corrected chi connectivity index (χ3v) is 10.3. The first-order valence-electron chi connectivity index (χ1n) is 14.9. The zero-order chi connectivity index (χ0) is 31.2. The average molecular weight is 651 g/mol. The number of nitrogens with zero attached hydrogens (tertiary/aromatic N) is 2. The van der Waals surface area contributed by atoms with Crippen LogP contribution < -0.4 is 5.73 Å². The van der Waals surface area contributed by atoms with Gasteiger partial charge >= 0.3 is 0 Å². The molecule has 0 saturated carbocycles. The van der Waals surface area contributed by atoms with Crippen molar-refractivity contribution >= 4 is 56.6 Å². The molecule has 6 nitrogen and oxygen atoms in total. The lowest BCUT2D eigenvalue weighted by molar-refractivity contribution is -0.118. The highest BCUT2D eigenvalue weighted by atomic mass is 35.5. The molecule has 4 aromatic carbocycles. The Morgan fingerprint density at radius 2 is 1.66 bits per heavy atom. The van der Waals surface area contributed by atoms with E-state index in [0.717, 1.165) is 60.1 Å². The lowest BCUT2D eigenvalue weighted by Crippen LogP contribution is -2.42. The fraction of sp³-hybridized carbons (Fsp3) is 0.314. The topological polar surface area (TPSA) is 83.7 Å². The number of nitrogens with two attached hydrogens (primary N) is 1. The summed E-state index contributed by atoms with van der Waals surface area (Å²) in [5.41, 5.74) is 8.34. The second-order valence-electron chi connectivity index (χ2n) is 11.4. The summed E-state index contributed by atoms with van der Waals surface area (Å²) in [6, 6.07) is 27.0. The van der Waals surface area contributed by atoms with Crippen LogP contribution in [0.15, 0.2) is 89.8 Å². The molecular weight excluding hydrogens is 613 g/mol. The molecule has 0 aromatic heterocycles. The highest BCUT2D eigenvalue weighted by molar-refractivity contribution is 7.84. The predicted octanol–water partition coefficient (Wildman–Crippen LogP) is 6.87. The minimum atomic E-state index is -1.02. The first kappa shape index (κ1) is 32.2. The van der Waals surface area contributed by atoms with Crippen molar-refractivity contribution in [2.75, 3.05) is 39.0 Å². The van der Waals surface area contributed by atoms with Crippen molar-refractivity contribution in [1.29, 1.82) is 0 Å². The summed E-state index contributed by atoms with van der Waals surface area (Å²) in [5.74, 6) is -0.536. The van der Waals surface area contributed by atoms with Gasteiger partial charge in [-0.25, -0.2) is 0 Å². The molecule has 1 aliphatic rings. The molecule has 5 rings (SSSR count). The van der Waals surface area contributed by atoms with Gasteiger partial charge < -0.3 is 15.5 Å². The minimum Gasteiger partial charge on any atom is -0.368 e. The molecule has 2 atom stereocenters. The van der Waals surface area contributed by atoms with Crippen LogP contribution in [0.25, 0.3) is 10.8 Å². The van der Waals surface area contributed by atoms with E-state index in [0.29, 0.717) is 28.1 Å². The van der Waals surface area contributed by atoms with Crippen molar-refractivity contribution in [3.8, 4) is 0 Å². The van der Waals surface area contributed by atoms with E-state index in [1.54, 1.807) is 23.3 Å². The van der Waals surface area contributed by atoms with Gasteiger partial charge in [-0.2, -0.15) is 0 Å². The standard InChI is InChI=1S/C35H37Cl2N3O3S/c1-44(43)33-12-5-4-10-29(33)25-15-18-39(19-16-25)20-17-27(26-13-14-31(36)32(37)21-26)22-40(23-34(38)41)35(42)30-11-6-8-24-7-2-3-9-28(24)30/h2-14,21,25,27H,15-20,22-23H2,1H3,(H2,38,41). The molecule has 9 heteroatoms. The summed E-state index contributed by atoms with van der Waals surface area (Å²) >= 11 is 12.7. The van der Waals surface area contributed by atoms with Crippen LogP contribution in [0.2, 0.25) is 10.0 Å². The molecule has 2 amide bonds. The van der Waals surface area contributed by atoms with Crippen LogP contribution in [-0.2, 0) is 15.6 Å². The Hall–Kier alpha value is -3.23. The number of rotatable bonds is 11. The minimum absolute atomic E-state index is 0.107. The average Bonchev–Trinajstić information content (AvgIpc) is 3.03. The van der Waals surface area contributed by atoms with Crippen LogP contribution in [-0.4, -0.2) is 64.8 Å². The van der Waals surface area contributed by atoms with E-state index in [4.69, 9.17) is 28.9 Å². The SMILES string of the molecule is CS(=O)c1ccccc1C1CCN(CCC(CN(CC(N)=O)C(=O)c2cccc3ccccc23)c2ccc(Cl)c(Cl)c2)CC1. The highest BCUT2D eigenvalue weighted by Gasteiger charge is 2.27. The zero-order valence-electron chi connectivity index (χ0n) is 24.8. The third kappa shape index (κ3) is 7.70. The Balaban J connectivity index is 1.34. The van der Waals surface area contributed by atoms with Crippen LogP contribution in [0.3, 0.4) is 0 Å². The smallest absolute Gasteiger partial charge is 0.254 e. The van der Waals surface area contributed by atoms with E-state index >= 15 is 0 Å². The van der Waals surface area contributed by atoms with Gasteiger partial charge in [0, 0.05) is 29.2 Å². The van der Waals surface area contributed by atoms with Crippen molar-refractivity contribution < 1.29 is 13.8 Å². The number of hydrogen-bond acceptors (Lipinski definition) is 4. The maximum absolute atomic E-state index is 14.0. The lowest BCUT2D eigenvalue weighted by Gasteiger charge is -2.34. The molecule has 2 unspecified atom stereocenters. The van der Waals surface area contributed by atoms with Crippen molar-refractivity contribution in [1.82, 2.24) is 9.80 Å². The number of piperidine rings is 1. The van der Waals surface area contributed by atoms with Gasteiger partial charge in [0.1, 0.15) is 0 Å². The summed E-state index contributed by atoms with van der Waals surface area (Å²) in [5, 5.41) is 2.70. The molecule has 0 bridgehead atoms. The summed E-state index contributed by atoms with van der Waals surface area (Å²) in [6.45, 7) is 2.76. The summed E-state index contributed by atoms with van der Waals surface area (Å²) in [6.07, 6.45) is 4.46. The van der Waals surface area contributed by atoms with E-state index in [-0.39, 0.29) is 18.4 Å². The molecule has 0 radical (unpaired) electrons. The van der Waals surface area contributed by atoms with Gasteiger partial charge in [0.15, 0.2) is 0 Å². The van der Waals surface area contributed by atoms with Crippen molar-refractivity contribution in [2.45, 2.75) is 36.0 Å². The number of halogens is 2. The van der Waals surface area contributed by atoms with Gasteiger partial charge in [0.2, 0.25) is 5.91 Å². The van der Waals surface area contributed by atoms with Gasteiger partial charge in [-0.3, -0.25) is 13.8 Å². The monoisotopic (exact) mass is 649 g/mol. The van der Waals surface area contributed by atoms with Crippen molar-refractivity contribution in [3.05, 3.63) is 112 Å². The van der Waals surface area contributed by atoms with Crippen molar-refractivity contribution in [3.63, 3.8) is 0 Å². The van der Waals surface area contributed by atoms with Gasteiger partial charge in [-0.15, -0.1) is 0 Å². The number of likely N-dealkylation sites (tertiary alicyclic amines) is 1. The molecular formula is C35H37Cl2N3O3S. The van der Waals surface area contributed by atoms with Crippen LogP contribution in [0.1, 0.15) is 52.6 Å². The largest absolute Gasteiger partial charge is 0.368 e. The molecule has 4 aromatic rings. The molecule has 0 spiro atoms. The highest BCUT2D eigenvalue weighted by Crippen LogP contribution is 2.33. The molecule has 1 heterocycles. The molecule has 230 valence electrons. The number of amides is 2. The predicted molar refractivity (Wildman–Crippen MR) is 180 cm³/mol. The van der Waals surface area contributed by atoms with E-state index in [1.807, 2.05) is 66.7 Å². The first-order chi connectivity index (χ1) is 21.2. The summed E-state index contributed by atoms with van der Waals surface area (Å²) in [4.78, 5) is 31.1. The van der Waals surface area contributed by atoms with E-state index in [1.165, 1.54) is 5.56 Å².